The molecule has 82 valence electrons. The number of Topliss-reactive ketones (excluding diaryl/α,β-unsaturated/α-hetero) is 1. The summed E-state index contributed by atoms with van der Waals surface area (Å²) < 4.78 is 6.42. The minimum Gasteiger partial charge on any atom is -0.366 e. The number of ether oxygens (including phenoxy) is 1. The van der Waals surface area contributed by atoms with E-state index in [1.807, 2.05) is 10.8 Å². The van der Waals surface area contributed by atoms with Crippen LogP contribution in [0.4, 0.5) is 0 Å². The topological polar surface area (TPSA) is 52.3 Å². The van der Waals surface area contributed by atoms with Crippen LogP contribution in [0.1, 0.15) is 23.2 Å². The molecule has 5 heteroatoms. The highest BCUT2D eigenvalue weighted by Crippen LogP contribution is 2.27. The first-order chi connectivity index (χ1) is 7.22. The molecule has 0 amide bonds. The van der Waals surface area contributed by atoms with Crippen molar-refractivity contribution >= 4 is 33.0 Å². The van der Waals surface area contributed by atoms with Gasteiger partial charge in [-0.2, -0.15) is 11.3 Å². The maximum Gasteiger partial charge on any atom is 0.193 e. The van der Waals surface area contributed by atoms with E-state index in [1.165, 1.54) is 11.3 Å². The SMILES string of the molecule is NCC1CCC(C(=O)c2cscc2Br)O1. The fourth-order valence-electron chi connectivity index (χ4n) is 1.70. The molecule has 1 fully saturated rings. The van der Waals surface area contributed by atoms with Gasteiger partial charge in [0.1, 0.15) is 6.10 Å². The largest absolute Gasteiger partial charge is 0.366 e. The number of thiophene rings is 1. The Balaban J connectivity index is 2.07. The van der Waals surface area contributed by atoms with Crippen LogP contribution in [0.15, 0.2) is 15.2 Å². The van der Waals surface area contributed by atoms with Crippen molar-refractivity contribution < 1.29 is 9.53 Å². The number of halogens is 1. The van der Waals surface area contributed by atoms with Crippen LogP contribution in [0.25, 0.3) is 0 Å². The molecular formula is C10H12BrNO2S. The van der Waals surface area contributed by atoms with Gasteiger partial charge in [0.15, 0.2) is 5.78 Å². The van der Waals surface area contributed by atoms with E-state index in [9.17, 15) is 4.79 Å². The van der Waals surface area contributed by atoms with Gasteiger partial charge in [0.2, 0.25) is 0 Å². The Morgan fingerprint density at radius 2 is 2.40 bits per heavy atom. The number of nitrogens with two attached hydrogens (primary N) is 1. The van der Waals surface area contributed by atoms with Crippen LogP contribution in [0.5, 0.6) is 0 Å². The Morgan fingerprint density at radius 3 is 2.93 bits per heavy atom. The molecule has 1 aliphatic rings. The van der Waals surface area contributed by atoms with Gasteiger partial charge in [-0.3, -0.25) is 4.79 Å². The van der Waals surface area contributed by atoms with Gasteiger partial charge in [-0.25, -0.2) is 0 Å². The zero-order chi connectivity index (χ0) is 10.8. The molecule has 3 nitrogen and oxygen atoms in total. The summed E-state index contributed by atoms with van der Waals surface area (Å²) in [6, 6.07) is 0. The molecule has 2 unspecified atom stereocenters. The normalized spacial score (nSPS) is 25.7. The fraction of sp³-hybridized carbons (Fsp3) is 0.500. The quantitative estimate of drug-likeness (QED) is 0.868. The average Bonchev–Trinajstić information content (AvgIpc) is 2.84. The van der Waals surface area contributed by atoms with Crippen LogP contribution < -0.4 is 5.73 Å². The second-order valence-corrected chi connectivity index (χ2v) is 5.16. The van der Waals surface area contributed by atoms with Crippen LogP contribution in [0.3, 0.4) is 0 Å². The molecule has 2 atom stereocenters. The third kappa shape index (κ3) is 2.30. The second-order valence-electron chi connectivity index (χ2n) is 3.56. The fourth-order valence-corrected chi connectivity index (χ4v) is 3.18. The summed E-state index contributed by atoms with van der Waals surface area (Å²) in [6.07, 6.45) is 1.42. The van der Waals surface area contributed by atoms with Crippen molar-refractivity contribution in [2.45, 2.75) is 25.0 Å². The zero-order valence-electron chi connectivity index (χ0n) is 8.11. The average molecular weight is 290 g/mol. The van der Waals surface area contributed by atoms with Gasteiger partial charge in [0.05, 0.1) is 6.10 Å². The molecule has 2 N–H and O–H groups in total. The lowest BCUT2D eigenvalue weighted by atomic mass is 10.1. The molecular weight excluding hydrogens is 278 g/mol. The first-order valence-electron chi connectivity index (χ1n) is 4.83. The van der Waals surface area contributed by atoms with Crippen LogP contribution in [-0.2, 0) is 4.74 Å². The van der Waals surface area contributed by atoms with Crippen LogP contribution in [0.2, 0.25) is 0 Å². The lowest BCUT2D eigenvalue weighted by molar-refractivity contribution is 0.0404. The Morgan fingerprint density at radius 1 is 1.60 bits per heavy atom. The highest BCUT2D eigenvalue weighted by atomic mass is 79.9. The Labute approximate surface area is 101 Å². The van der Waals surface area contributed by atoms with E-state index in [2.05, 4.69) is 15.9 Å². The van der Waals surface area contributed by atoms with Crippen molar-refractivity contribution in [1.82, 2.24) is 0 Å². The van der Waals surface area contributed by atoms with E-state index in [0.717, 1.165) is 22.9 Å². The number of rotatable bonds is 3. The van der Waals surface area contributed by atoms with Gasteiger partial charge in [0, 0.05) is 27.3 Å². The minimum atomic E-state index is -0.301. The summed E-state index contributed by atoms with van der Waals surface area (Å²) in [4.78, 5) is 12.0. The predicted molar refractivity (Wildman–Crippen MR) is 63.3 cm³/mol. The second kappa shape index (κ2) is 4.74. The van der Waals surface area contributed by atoms with Crippen molar-refractivity contribution in [1.29, 1.82) is 0 Å². The number of hydrogen-bond donors (Lipinski definition) is 1. The van der Waals surface area contributed by atoms with Crippen molar-refractivity contribution in [2.24, 2.45) is 5.73 Å². The first kappa shape index (κ1) is 11.3. The van der Waals surface area contributed by atoms with Crippen LogP contribution >= 0.6 is 27.3 Å². The van der Waals surface area contributed by atoms with Gasteiger partial charge < -0.3 is 10.5 Å². The smallest absolute Gasteiger partial charge is 0.193 e. The molecule has 1 aliphatic heterocycles. The maximum atomic E-state index is 12.0. The Hall–Kier alpha value is -0.230. The third-order valence-corrected chi connectivity index (χ3v) is 4.25. The van der Waals surface area contributed by atoms with Gasteiger partial charge in [-0.1, -0.05) is 0 Å². The van der Waals surface area contributed by atoms with E-state index in [-0.39, 0.29) is 18.0 Å². The van der Waals surface area contributed by atoms with E-state index in [4.69, 9.17) is 10.5 Å². The molecule has 0 aromatic carbocycles. The lowest BCUT2D eigenvalue weighted by Gasteiger charge is -2.10. The number of carbonyl (C=O) groups is 1. The number of hydrogen-bond acceptors (Lipinski definition) is 4. The Kier molecular flexibility index (Phi) is 3.56. The summed E-state index contributed by atoms with van der Waals surface area (Å²) in [7, 11) is 0. The number of carbonyl (C=O) groups excluding carboxylic acids is 1. The zero-order valence-corrected chi connectivity index (χ0v) is 10.5. The highest BCUT2D eigenvalue weighted by Gasteiger charge is 2.31. The molecule has 2 heterocycles. The van der Waals surface area contributed by atoms with E-state index < -0.39 is 0 Å². The lowest BCUT2D eigenvalue weighted by Crippen LogP contribution is -2.25. The highest BCUT2D eigenvalue weighted by molar-refractivity contribution is 9.10. The molecule has 0 spiro atoms. The van der Waals surface area contributed by atoms with Crippen molar-refractivity contribution in [3.8, 4) is 0 Å². The van der Waals surface area contributed by atoms with Gasteiger partial charge in [-0.05, 0) is 28.8 Å². The molecule has 0 radical (unpaired) electrons. The van der Waals surface area contributed by atoms with Gasteiger partial charge >= 0.3 is 0 Å². The molecule has 1 saturated heterocycles. The summed E-state index contributed by atoms with van der Waals surface area (Å²) in [5, 5.41) is 3.76. The standard InChI is InChI=1S/C10H12BrNO2S/c11-8-5-15-4-7(8)10(13)9-2-1-6(3-12)14-9/h4-6,9H,1-3,12H2. The molecule has 0 bridgehead atoms. The number of ketones is 1. The monoisotopic (exact) mass is 289 g/mol. The molecule has 0 saturated carbocycles. The van der Waals surface area contributed by atoms with Gasteiger partial charge in [0.25, 0.3) is 0 Å². The van der Waals surface area contributed by atoms with Crippen LogP contribution in [0, 0.1) is 0 Å². The third-order valence-electron chi connectivity index (χ3n) is 2.54. The van der Waals surface area contributed by atoms with Crippen LogP contribution in [-0.4, -0.2) is 24.5 Å². The molecule has 2 rings (SSSR count). The van der Waals surface area contributed by atoms with Gasteiger partial charge in [-0.15, -0.1) is 0 Å². The summed E-state index contributed by atoms with van der Waals surface area (Å²) >= 11 is 4.87. The minimum absolute atomic E-state index is 0.0522. The van der Waals surface area contributed by atoms with E-state index >= 15 is 0 Å². The summed E-state index contributed by atoms with van der Waals surface area (Å²) in [5.41, 5.74) is 6.23. The van der Waals surface area contributed by atoms with Crippen molar-refractivity contribution in [3.63, 3.8) is 0 Å². The molecule has 15 heavy (non-hydrogen) atoms. The maximum absolute atomic E-state index is 12.0. The van der Waals surface area contributed by atoms with E-state index in [1.54, 1.807) is 0 Å². The summed E-state index contributed by atoms with van der Waals surface area (Å²) in [5.74, 6) is 0.0686. The van der Waals surface area contributed by atoms with Crippen molar-refractivity contribution in [2.75, 3.05) is 6.54 Å². The van der Waals surface area contributed by atoms with Crippen molar-refractivity contribution in [3.05, 3.63) is 20.8 Å². The molecule has 0 aliphatic carbocycles. The Bertz CT molecular complexity index is 366. The summed E-state index contributed by atoms with van der Waals surface area (Å²) in [6.45, 7) is 0.495. The van der Waals surface area contributed by atoms with E-state index in [0.29, 0.717) is 6.54 Å². The molecule has 1 aromatic rings. The first-order valence-corrected chi connectivity index (χ1v) is 6.57. The predicted octanol–water partition coefficient (Wildman–Crippen LogP) is 2.20. The molecule has 1 aromatic heterocycles.